The van der Waals surface area contributed by atoms with E-state index in [9.17, 15) is 10.0 Å². The largest absolute Gasteiger partial charge is 0.488 e. The summed E-state index contributed by atoms with van der Waals surface area (Å²) >= 11 is 1.77. The smallest absolute Gasteiger partial charge is 0.423 e. The molecule has 3 aromatic carbocycles. The molecule has 0 aliphatic rings. The average molecular weight is 278 g/mol. The molecule has 0 fully saturated rings. The third-order valence-corrected chi connectivity index (χ3v) is 4.79. The molecule has 0 saturated heterocycles. The Balaban J connectivity index is 2.09. The summed E-state index contributed by atoms with van der Waals surface area (Å²) < 4.78 is 2.50. The Bertz CT molecular complexity index is 943. The van der Waals surface area contributed by atoms with Gasteiger partial charge in [-0.25, -0.2) is 0 Å². The van der Waals surface area contributed by atoms with Crippen molar-refractivity contribution in [3.8, 4) is 0 Å². The quantitative estimate of drug-likeness (QED) is 0.526. The molecule has 0 amide bonds. The van der Waals surface area contributed by atoms with E-state index in [-0.39, 0.29) is 0 Å². The Morgan fingerprint density at radius 1 is 0.750 bits per heavy atom. The van der Waals surface area contributed by atoms with Gasteiger partial charge in [0.2, 0.25) is 0 Å². The second kappa shape index (κ2) is 4.31. The summed E-state index contributed by atoms with van der Waals surface area (Å²) in [5, 5.41) is 23.2. The highest BCUT2D eigenvalue weighted by molar-refractivity contribution is 7.25. The third-order valence-electron chi connectivity index (χ3n) is 3.66. The van der Waals surface area contributed by atoms with Gasteiger partial charge in [-0.2, -0.15) is 0 Å². The van der Waals surface area contributed by atoms with Crippen molar-refractivity contribution in [2.45, 2.75) is 0 Å². The second-order valence-corrected chi connectivity index (χ2v) is 6.01. The summed E-state index contributed by atoms with van der Waals surface area (Å²) in [6, 6.07) is 18.2. The van der Waals surface area contributed by atoms with E-state index in [1.165, 1.54) is 20.2 Å². The standard InChI is InChI=1S/C16H11BO2S/c18-17(19)12-6-5-10-8-14-13-3-1-2-4-15(13)20-16(14)9-11(10)7-12/h1-9,18-19H. The molecule has 4 aromatic rings. The number of benzene rings is 3. The first-order valence-corrected chi connectivity index (χ1v) is 7.25. The van der Waals surface area contributed by atoms with E-state index in [1.54, 1.807) is 17.4 Å². The van der Waals surface area contributed by atoms with Crippen LogP contribution in [0, 0.1) is 0 Å². The normalized spacial score (nSPS) is 11.5. The first-order valence-electron chi connectivity index (χ1n) is 6.43. The van der Waals surface area contributed by atoms with Crippen LogP contribution in [-0.4, -0.2) is 17.2 Å². The molecule has 0 unspecified atom stereocenters. The molecule has 0 spiro atoms. The van der Waals surface area contributed by atoms with Gasteiger partial charge in [-0.05, 0) is 34.4 Å². The molecule has 1 heterocycles. The molecule has 0 radical (unpaired) electrons. The fraction of sp³-hybridized carbons (Fsp3) is 0. The molecule has 20 heavy (non-hydrogen) atoms. The zero-order chi connectivity index (χ0) is 13.7. The van der Waals surface area contributed by atoms with Crippen molar-refractivity contribution in [1.29, 1.82) is 0 Å². The Kier molecular flexibility index (Phi) is 2.57. The van der Waals surface area contributed by atoms with Gasteiger partial charge in [-0.3, -0.25) is 0 Å². The van der Waals surface area contributed by atoms with Crippen LogP contribution in [0.4, 0.5) is 0 Å². The minimum Gasteiger partial charge on any atom is -0.423 e. The van der Waals surface area contributed by atoms with Crippen molar-refractivity contribution in [3.05, 3.63) is 54.6 Å². The highest BCUT2D eigenvalue weighted by Gasteiger charge is 2.12. The van der Waals surface area contributed by atoms with Gasteiger partial charge < -0.3 is 10.0 Å². The van der Waals surface area contributed by atoms with Crippen LogP contribution in [-0.2, 0) is 0 Å². The summed E-state index contributed by atoms with van der Waals surface area (Å²) in [5.41, 5.74) is 0.526. The Morgan fingerprint density at radius 3 is 2.45 bits per heavy atom. The van der Waals surface area contributed by atoms with Gasteiger partial charge in [0.05, 0.1) is 0 Å². The minimum atomic E-state index is -1.42. The highest BCUT2D eigenvalue weighted by atomic mass is 32.1. The predicted octanol–water partition coefficient (Wildman–Crippen LogP) is 2.89. The SMILES string of the molecule is OB(O)c1ccc2cc3c(cc2c1)sc1ccccc13. The van der Waals surface area contributed by atoms with E-state index >= 15 is 0 Å². The number of hydrogen-bond donors (Lipinski definition) is 2. The van der Waals surface area contributed by atoms with Gasteiger partial charge in [-0.1, -0.05) is 36.4 Å². The number of fused-ring (bicyclic) bond motifs is 4. The fourth-order valence-corrected chi connectivity index (χ4v) is 3.78. The van der Waals surface area contributed by atoms with Gasteiger partial charge in [0.15, 0.2) is 0 Å². The lowest BCUT2D eigenvalue weighted by Crippen LogP contribution is -2.29. The predicted molar refractivity (Wildman–Crippen MR) is 86.7 cm³/mol. The topological polar surface area (TPSA) is 40.5 Å². The van der Waals surface area contributed by atoms with Gasteiger partial charge in [0, 0.05) is 20.2 Å². The number of thiophene rings is 1. The maximum absolute atomic E-state index is 9.27. The third kappa shape index (κ3) is 1.73. The van der Waals surface area contributed by atoms with Crippen LogP contribution in [0.5, 0.6) is 0 Å². The van der Waals surface area contributed by atoms with Crippen LogP contribution in [0.1, 0.15) is 0 Å². The van der Waals surface area contributed by atoms with Gasteiger partial charge in [0.1, 0.15) is 0 Å². The zero-order valence-corrected chi connectivity index (χ0v) is 11.4. The lowest BCUT2D eigenvalue weighted by atomic mass is 9.79. The maximum atomic E-state index is 9.27. The Hall–Kier alpha value is -1.88. The molecule has 0 saturated carbocycles. The van der Waals surface area contributed by atoms with Gasteiger partial charge in [0.25, 0.3) is 0 Å². The molecule has 96 valence electrons. The molecule has 0 aliphatic carbocycles. The lowest BCUT2D eigenvalue weighted by Gasteiger charge is -2.03. The van der Waals surface area contributed by atoms with Gasteiger partial charge in [-0.15, -0.1) is 11.3 Å². The van der Waals surface area contributed by atoms with Crippen molar-refractivity contribution < 1.29 is 10.0 Å². The van der Waals surface area contributed by atoms with E-state index in [4.69, 9.17) is 0 Å². The number of rotatable bonds is 1. The molecule has 2 nitrogen and oxygen atoms in total. The summed E-state index contributed by atoms with van der Waals surface area (Å²) in [7, 11) is -1.42. The fourth-order valence-electron chi connectivity index (χ4n) is 2.65. The van der Waals surface area contributed by atoms with E-state index in [0.717, 1.165) is 10.8 Å². The molecule has 0 bridgehead atoms. The van der Waals surface area contributed by atoms with Crippen molar-refractivity contribution >= 4 is 54.9 Å². The molecule has 1 aromatic heterocycles. The van der Waals surface area contributed by atoms with Crippen LogP contribution in [0.2, 0.25) is 0 Å². The van der Waals surface area contributed by atoms with Crippen molar-refractivity contribution in [2.75, 3.05) is 0 Å². The summed E-state index contributed by atoms with van der Waals surface area (Å²) in [6.07, 6.45) is 0. The van der Waals surface area contributed by atoms with Crippen molar-refractivity contribution in [2.24, 2.45) is 0 Å². The molecule has 0 aliphatic heterocycles. The molecular formula is C16H11BO2S. The minimum absolute atomic E-state index is 0.526. The van der Waals surface area contributed by atoms with E-state index in [2.05, 4.69) is 36.4 Å². The summed E-state index contributed by atoms with van der Waals surface area (Å²) in [4.78, 5) is 0. The molecule has 4 rings (SSSR count). The summed E-state index contributed by atoms with van der Waals surface area (Å²) in [5.74, 6) is 0. The van der Waals surface area contributed by atoms with Crippen LogP contribution in [0.25, 0.3) is 30.9 Å². The summed E-state index contributed by atoms with van der Waals surface area (Å²) in [6.45, 7) is 0. The van der Waals surface area contributed by atoms with Crippen molar-refractivity contribution in [1.82, 2.24) is 0 Å². The van der Waals surface area contributed by atoms with E-state index < -0.39 is 7.12 Å². The molecule has 4 heteroatoms. The van der Waals surface area contributed by atoms with Crippen molar-refractivity contribution in [3.63, 3.8) is 0 Å². The average Bonchev–Trinajstić information content (AvgIpc) is 2.81. The highest BCUT2D eigenvalue weighted by Crippen LogP contribution is 2.35. The van der Waals surface area contributed by atoms with Crippen LogP contribution in [0.3, 0.4) is 0 Å². The molecular weight excluding hydrogens is 267 g/mol. The molecule has 0 atom stereocenters. The first kappa shape index (κ1) is 11.9. The van der Waals surface area contributed by atoms with Gasteiger partial charge >= 0.3 is 7.12 Å². The van der Waals surface area contributed by atoms with E-state index in [0.29, 0.717) is 5.46 Å². The Labute approximate surface area is 120 Å². The second-order valence-electron chi connectivity index (χ2n) is 4.93. The van der Waals surface area contributed by atoms with Crippen LogP contribution in [0.15, 0.2) is 54.6 Å². The molecule has 2 N–H and O–H groups in total. The van der Waals surface area contributed by atoms with E-state index in [1.807, 2.05) is 12.1 Å². The lowest BCUT2D eigenvalue weighted by molar-refractivity contribution is 0.426. The number of hydrogen-bond acceptors (Lipinski definition) is 3. The van der Waals surface area contributed by atoms with Crippen LogP contribution < -0.4 is 5.46 Å². The first-order chi connectivity index (χ1) is 9.72. The monoisotopic (exact) mass is 278 g/mol. The maximum Gasteiger partial charge on any atom is 0.488 e. The Morgan fingerprint density at radius 2 is 1.60 bits per heavy atom. The zero-order valence-electron chi connectivity index (χ0n) is 10.6. The van der Waals surface area contributed by atoms with Crippen LogP contribution >= 0.6 is 11.3 Å².